The molecule has 0 fully saturated rings. The van der Waals surface area contributed by atoms with E-state index in [1.165, 1.54) is 11.1 Å². The molecule has 9 heteroatoms. The molecule has 29 heavy (non-hydrogen) atoms. The van der Waals surface area contributed by atoms with Crippen LogP contribution in [0.2, 0.25) is 0 Å². The Morgan fingerprint density at radius 2 is 2.00 bits per heavy atom. The number of hydrogen-bond acceptors (Lipinski definition) is 5. The van der Waals surface area contributed by atoms with Crippen molar-refractivity contribution in [2.45, 2.75) is 25.3 Å². The summed E-state index contributed by atoms with van der Waals surface area (Å²) in [5, 5.41) is 5.80. The number of aromatic amines is 1. The van der Waals surface area contributed by atoms with Gasteiger partial charge in [0.25, 0.3) is 10.0 Å². The number of aromatic nitrogens is 2. The van der Waals surface area contributed by atoms with Gasteiger partial charge in [-0.2, -0.15) is 13.5 Å². The van der Waals surface area contributed by atoms with Gasteiger partial charge in [0.15, 0.2) is 5.84 Å². The van der Waals surface area contributed by atoms with Gasteiger partial charge in [-0.25, -0.2) is 9.80 Å². The second kappa shape index (κ2) is 7.00. The lowest BCUT2D eigenvalue weighted by Gasteiger charge is -2.12. The van der Waals surface area contributed by atoms with Crippen molar-refractivity contribution in [2.24, 2.45) is 15.4 Å². The Kier molecular flexibility index (Phi) is 4.62. The van der Waals surface area contributed by atoms with Gasteiger partial charge < -0.3 is 4.98 Å². The van der Waals surface area contributed by atoms with Crippen LogP contribution in [-0.2, 0) is 16.6 Å². The van der Waals surface area contributed by atoms with E-state index in [9.17, 15) is 13.2 Å². The molecular weight excluding hydrogens is 390 g/mol. The smallest absolute Gasteiger partial charge is 0.306 e. The Balaban J connectivity index is 1.66. The predicted molar refractivity (Wildman–Crippen MR) is 113 cm³/mol. The Morgan fingerprint density at radius 3 is 2.76 bits per heavy atom. The maximum atomic E-state index is 12.2. The molecule has 0 spiro atoms. The number of sulfonamides is 1. The van der Waals surface area contributed by atoms with E-state index in [0.717, 1.165) is 16.6 Å². The number of nitrogens with zero attached hydrogens (tertiary/aromatic N) is 4. The fourth-order valence-corrected chi connectivity index (χ4v) is 4.56. The van der Waals surface area contributed by atoms with Gasteiger partial charge in [0, 0.05) is 19.2 Å². The fourth-order valence-electron chi connectivity index (χ4n) is 3.33. The molecule has 3 aromatic rings. The maximum Gasteiger partial charge on any atom is 0.326 e. The van der Waals surface area contributed by atoms with Crippen LogP contribution in [0.25, 0.3) is 11.0 Å². The lowest BCUT2D eigenvalue weighted by Crippen LogP contribution is -2.21. The SMILES string of the molecule is CC(C)Cn1c(=O)[nH]c2ccc(/C=N/N(C)C3=NS(=O)(=O)c4ccccc43)cc21. The van der Waals surface area contributed by atoms with Crippen LogP contribution in [0, 0.1) is 5.92 Å². The maximum absolute atomic E-state index is 12.2. The van der Waals surface area contributed by atoms with Crippen LogP contribution in [0.1, 0.15) is 25.0 Å². The number of nitrogens with one attached hydrogen (secondary N) is 1. The zero-order valence-corrected chi connectivity index (χ0v) is 17.1. The summed E-state index contributed by atoms with van der Waals surface area (Å²) in [6.07, 6.45) is 1.62. The van der Waals surface area contributed by atoms with E-state index in [1.807, 2.05) is 18.2 Å². The van der Waals surface area contributed by atoms with Gasteiger partial charge in [-0.15, -0.1) is 4.40 Å². The summed E-state index contributed by atoms with van der Waals surface area (Å²) < 4.78 is 30.0. The summed E-state index contributed by atoms with van der Waals surface area (Å²) in [5.41, 5.74) is 2.75. The number of hydrogen-bond donors (Lipinski definition) is 1. The molecule has 150 valence electrons. The van der Waals surface area contributed by atoms with Gasteiger partial charge in [0.2, 0.25) is 0 Å². The van der Waals surface area contributed by atoms with E-state index < -0.39 is 10.0 Å². The largest absolute Gasteiger partial charge is 0.326 e. The molecule has 0 saturated heterocycles. The predicted octanol–water partition coefficient (Wildman–Crippen LogP) is 2.40. The lowest BCUT2D eigenvalue weighted by molar-refractivity contribution is 0.522. The minimum Gasteiger partial charge on any atom is -0.306 e. The van der Waals surface area contributed by atoms with E-state index in [1.54, 1.807) is 36.0 Å². The standard InChI is InChI=1S/C20H21N5O3S/c1-13(2)12-25-17-10-14(8-9-16(17)22-20(25)26)11-21-24(3)19-15-6-4-5-7-18(15)29(27,28)23-19/h4-11,13H,12H2,1-3H3,(H,22,26)/b21-11+. The Bertz CT molecular complexity index is 1320. The third-order valence-electron chi connectivity index (χ3n) is 4.65. The quantitative estimate of drug-likeness (QED) is 0.526. The molecule has 0 aliphatic carbocycles. The summed E-state index contributed by atoms with van der Waals surface area (Å²) in [6, 6.07) is 12.2. The minimum atomic E-state index is -3.70. The minimum absolute atomic E-state index is 0.137. The number of benzene rings is 2. The van der Waals surface area contributed by atoms with Crippen LogP contribution in [0.15, 0.2) is 61.7 Å². The van der Waals surface area contributed by atoms with Gasteiger partial charge in [0.05, 0.1) is 17.2 Å². The lowest BCUT2D eigenvalue weighted by atomic mass is 10.2. The normalized spacial score (nSPS) is 15.2. The topological polar surface area (TPSA) is 99.9 Å². The molecule has 0 saturated carbocycles. The molecular formula is C20H21N5O3S. The molecule has 1 N–H and O–H groups in total. The summed E-state index contributed by atoms with van der Waals surface area (Å²) in [4.78, 5) is 15.2. The van der Waals surface area contributed by atoms with Crippen molar-refractivity contribution < 1.29 is 8.42 Å². The van der Waals surface area contributed by atoms with E-state index in [2.05, 4.69) is 28.3 Å². The third kappa shape index (κ3) is 3.49. The monoisotopic (exact) mass is 411 g/mol. The first-order valence-corrected chi connectivity index (χ1v) is 10.6. The molecule has 2 aromatic carbocycles. The van der Waals surface area contributed by atoms with Crippen LogP contribution in [-0.4, -0.2) is 42.1 Å². The zero-order chi connectivity index (χ0) is 20.8. The molecule has 0 unspecified atom stereocenters. The molecule has 0 radical (unpaired) electrons. The second-order valence-electron chi connectivity index (χ2n) is 7.37. The molecule has 4 rings (SSSR count). The highest BCUT2D eigenvalue weighted by Crippen LogP contribution is 2.27. The molecule has 2 heterocycles. The van der Waals surface area contributed by atoms with Crippen molar-refractivity contribution in [1.82, 2.24) is 14.6 Å². The average molecular weight is 411 g/mol. The number of H-pyrrole nitrogens is 1. The zero-order valence-electron chi connectivity index (χ0n) is 16.3. The molecule has 8 nitrogen and oxygen atoms in total. The van der Waals surface area contributed by atoms with Gasteiger partial charge >= 0.3 is 5.69 Å². The van der Waals surface area contributed by atoms with Crippen molar-refractivity contribution in [3.05, 3.63) is 64.1 Å². The third-order valence-corrected chi connectivity index (χ3v) is 5.97. The van der Waals surface area contributed by atoms with E-state index in [-0.39, 0.29) is 16.4 Å². The molecule has 1 aliphatic rings. The van der Waals surface area contributed by atoms with E-state index >= 15 is 0 Å². The molecule has 0 atom stereocenters. The number of hydrazone groups is 1. The Morgan fingerprint density at radius 1 is 1.24 bits per heavy atom. The first kappa shape index (κ1) is 19.1. The van der Waals surface area contributed by atoms with Gasteiger partial charge in [-0.3, -0.25) is 4.57 Å². The average Bonchev–Trinajstić information content (AvgIpc) is 3.13. The summed E-state index contributed by atoms with van der Waals surface area (Å²) >= 11 is 0. The summed E-state index contributed by atoms with van der Waals surface area (Å²) in [5.74, 6) is 0.605. The Labute approximate surface area is 168 Å². The van der Waals surface area contributed by atoms with Crippen molar-refractivity contribution in [3.8, 4) is 0 Å². The number of imidazole rings is 1. The van der Waals surface area contributed by atoms with Crippen molar-refractivity contribution in [1.29, 1.82) is 0 Å². The number of fused-ring (bicyclic) bond motifs is 2. The van der Waals surface area contributed by atoms with Crippen molar-refractivity contribution >= 4 is 33.1 Å². The van der Waals surface area contributed by atoms with Crippen LogP contribution in [0.4, 0.5) is 0 Å². The summed E-state index contributed by atoms with van der Waals surface area (Å²) in [6.45, 7) is 4.73. The van der Waals surface area contributed by atoms with Crippen LogP contribution < -0.4 is 5.69 Å². The summed E-state index contributed by atoms with van der Waals surface area (Å²) in [7, 11) is -2.05. The molecule has 1 aliphatic heterocycles. The van der Waals surface area contributed by atoms with Crippen LogP contribution in [0.3, 0.4) is 0 Å². The second-order valence-corrected chi connectivity index (χ2v) is 8.94. The first-order chi connectivity index (χ1) is 13.8. The highest BCUT2D eigenvalue weighted by atomic mass is 32.2. The molecule has 0 bridgehead atoms. The van der Waals surface area contributed by atoms with Crippen LogP contribution in [0.5, 0.6) is 0 Å². The van der Waals surface area contributed by atoms with Crippen molar-refractivity contribution in [3.63, 3.8) is 0 Å². The highest BCUT2D eigenvalue weighted by molar-refractivity contribution is 7.90. The van der Waals surface area contributed by atoms with Gasteiger partial charge in [-0.05, 0) is 35.7 Å². The fraction of sp³-hybridized carbons (Fsp3) is 0.250. The molecule has 1 aromatic heterocycles. The van der Waals surface area contributed by atoms with E-state index in [4.69, 9.17) is 0 Å². The van der Waals surface area contributed by atoms with Gasteiger partial charge in [0.1, 0.15) is 4.90 Å². The number of amidine groups is 1. The molecule has 0 amide bonds. The number of rotatable bonds is 4. The van der Waals surface area contributed by atoms with E-state index in [0.29, 0.717) is 18.0 Å². The Hall–Kier alpha value is -3.20. The highest BCUT2D eigenvalue weighted by Gasteiger charge is 2.30. The van der Waals surface area contributed by atoms with Crippen LogP contribution >= 0.6 is 0 Å². The van der Waals surface area contributed by atoms with Crippen molar-refractivity contribution in [2.75, 3.05) is 7.05 Å². The first-order valence-electron chi connectivity index (χ1n) is 9.21. The van der Waals surface area contributed by atoms with Gasteiger partial charge in [-0.1, -0.05) is 32.0 Å².